The number of fused-ring (bicyclic) bond motifs is 3. The van der Waals surface area contributed by atoms with Crippen molar-refractivity contribution in [3.63, 3.8) is 0 Å². The van der Waals surface area contributed by atoms with Gasteiger partial charge in [-0.1, -0.05) is 183 Å². The minimum Gasteiger partial charge on any atom is -0.310 e. The molecular weight excluding hydrogens is 871 g/mol. The number of aryl methyl sites for hydroxylation is 2. The van der Waals surface area contributed by atoms with Crippen LogP contribution >= 0.6 is 0 Å². The molecule has 1 aromatic heterocycles. The minimum absolute atomic E-state index is 0.986. The van der Waals surface area contributed by atoms with Crippen LogP contribution in [0.5, 0.6) is 0 Å². The zero-order chi connectivity index (χ0) is 48.4. The van der Waals surface area contributed by atoms with Crippen LogP contribution in [-0.2, 0) is 6.42 Å². The Morgan fingerprint density at radius 1 is 0.333 bits per heavy atom. The summed E-state index contributed by atoms with van der Waals surface area (Å²) in [5.41, 5.74) is 22.4. The van der Waals surface area contributed by atoms with Crippen LogP contribution in [0.3, 0.4) is 0 Å². The van der Waals surface area contributed by atoms with E-state index in [2.05, 4.69) is 301 Å². The Morgan fingerprint density at radius 2 is 0.806 bits per heavy atom. The number of aromatic nitrogens is 1. The molecule has 3 heteroatoms. The molecule has 0 aliphatic heterocycles. The van der Waals surface area contributed by atoms with Crippen molar-refractivity contribution in [3.8, 4) is 50.2 Å². The van der Waals surface area contributed by atoms with Gasteiger partial charge in [-0.15, -0.1) is 0 Å². The van der Waals surface area contributed by atoms with E-state index >= 15 is 0 Å². The number of hydrogen-bond acceptors (Lipinski definition) is 2. The second kappa shape index (κ2) is 19.3. The van der Waals surface area contributed by atoms with E-state index in [0.717, 1.165) is 57.3 Å². The van der Waals surface area contributed by atoms with Crippen LogP contribution in [0.1, 0.15) is 18.1 Å². The van der Waals surface area contributed by atoms with Crippen molar-refractivity contribution in [2.24, 2.45) is 0 Å². The molecule has 0 bridgehead atoms. The van der Waals surface area contributed by atoms with E-state index < -0.39 is 0 Å². The van der Waals surface area contributed by atoms with Gasteiger partial charge in [-0.05, 0) is 166 Å². The zero-order valence-electron chi connectivity index (χ0n) is 40.5. The molecule has 0 saturated heterocycles. The molecule has 72 heavy (non-hydrogen) atoms. The first kappa shape index (κ1) is 44.1. The SMILES string of the molecule is CCc1ccccc1-c1cc(N(c2ccccc2)c2ccc(-c3cccc(-c4ccc(N(c5ccc(-c6ccccc6)cc5)c5cccc6c5c5ccccc5n6-c5ccccc5)cc4)c3)cc2)ccc1C. The highest BCUT2D eigenvalue weighted by molar-refractivity contribution is 6.16. The van der Waals surface area contributed by atoms with Crippen molar-refractivity contribution < 1.29 is 0 Å². The monoisotopic (exact) mass is 923 g/mol. The van der Waals surface area contributed by atoms with Gasteiger partial charge >= 0.3 is 0 Å². The summed E-state index contributed by atoms with van der Waals surface area (Å²) in [6.45, 7) is 4.45. The van der Waals surface area contributed by atoms with E-state index in [-0.39, 0.29) is 0 Å². The summed E-state index contributed by atoms with van der Waals surface area (Å²) >= 11 is 0. The van der Waals surface area contributed by atoms with Crippen LogP contribution in [-0.4, -0.2) is 4.57 Å². The largest absolute Gasteiger partial charge is 0.310 e. The first-order valence-corrected chi connectivity index (χ1v) is 25.0. The van der Waals surface area contributed by atoms with E-state index in [9.17, 15) is 0 Å². The van der Waals surface area contributed by atoms with E-state index in [4.69, 9.17) is 0 Å². The molecule has 12 aromatic rings. The van der Waals surface area contributed by atoms with Gasteiger partial charge in [-0.2, -0.15) is 0 Å². The molecule has 0 unspecified atom stereocenters. The normalized spacial score (nSPS) is 11.2. The van der Waals surface area contributed by atoms with Crippen LogP contribution in [0.15, 0.2) is 273 Å². The van der Waals surface area contributed by atoms with Crippen LogP contribution in [0.4, 0.5) is 34.1 Å². The van der Waals surface area contributed by atoms with Gasteiger partial charge in [0.2, 0.25) is 0 Å². The maximum Gasteiger partial charge on any atom is 0.0562 e. The lowest BCUT2D eigenvalue weighted by Crippen LogP contribution is -2.10. The average Bonchev–Trinajstić information content (AvgIpc) is 3.80. The van der Waals surface area contributed by atoms with Crippen molar-refractivity contribution in [2.75, 3.05) is 9.80 Å². The maximum absolute atomic E-state index is 2.42. The summed E-state index contributed by atoms with van der Waals surface area (Å²) < 4.78 is 2.39. The molecular formula is C69H53N3. The fourth-order valence-electron chi connectivity index (χ4n) is 10.5. The Hall–Kier alpha value is -9.18. The van der Waals surface area contributed by atoms with E-state index in [1.54, 1.807) is 0 Å². The average molecular weight is 924 g/mol. The molecule has 11 aromatic carbocycles. The van der Waals surface area contributed by atoms with Gasteiger partial charge < -0.3 is 14.4 Å². The molecule has 0 saturated carbocycles. The number of benzene rings is 11. The van der Waals surface area contributed by atoms with Gasteiger partial charge in [0.1, 0.15) is 0 Å². The fraction of sp³-hybridized carbons (Fsp3) is 0.0435. The highest BCUT2D eigenvalue weighted by Gasteiger charge is 2.22. The highest BCUT2D eigenvalue weighted by atomic mass is 15.2. The zero-order valence-corrected chi connectivity index (χ0v) is 40.5. The summed E-state index contributed by atoms with van der Waals surface area (Å²) in [5.74, 6) is 0. The summed E-state index contributed by atoms with van der Waals surface area (Å²) in [6.07, 6.45) is 0.986. The molecule has 0 spiro atoms. The minimum atomic E-state index is 0.986. The first-order chi connectivity index (χ1) is 35.6. The Morgan fingerprint density at radius 3 is 1.46 bits per heavy atom. The fourth-order valence-corrected chi connectivity index (χ4v) is 10.5. The van der Waals surface area contributed by atoms with Crippen molar-refractivity contribution in [3.05, 3.63) is 284 Å². The lowest BCUT2D eigenvalue weighted by molar-refractivity contribution is 1.14. The highest BCUT2D eigenvalue weighted by Crippen LogP contribution is 2.45. The summed E-state index contributed by atoms with van der Waals surface area (Å²) in [4.78, 5) is 4.78. The maximum atomic E-state index is 2.42. The van der Waals surface area contributed by atoms with E-state index in [1.165, 1.54) is 66.4 Å². The molecule has 0 aliphatic carbocycles. The second-order valence-corrected chi connectivity index (χ2v) is 18.5. The second-order valence-electron chi connectivity index (χ2n) is 18.5. The third-order valence-electron chi connectivity index (χ3n) is 14.1. The molecule has 0 amide bonds. The third kappa shape index (κ3) is 8.31. The molecule has 1 heterocycles. The predicted molar refractivity (Wildman–Crippen MR) is 306 cm³/mol. The quantitative estimate of drug-likeness (QED) is 0.121. The van der Waals surface area contributed by atoms with Crippen molar-refractivity contribution in [1.82, 2.24) is 4.57 Å². The van der Waals surface area contributed by atoms with Gasteiger partial charge in [0.25, 0.3) is 0 Å². The molecule has 0 radical (unpaired) electrons. The summed E-state index contributed by atoms with van der Waals surface area (Å²) in [5, 5.41) is 2.42. The molecule has 344 valence electrons. The van der Waals surface area contributed by atoms with Gasteiger partial charge in [-0.25, -0.2) is 0 Å². The Bertz CT molecular complexity index is 3820. The lowest BCUT2D eigenvalue weighted by atomic mass is 9.94. The molecule has 3 nitrogen and oxygen atoms in total. The van der Waals surface area contributed by atoms with Crippen molar-refractivity contribution in [1.29, 1.82) is 0 Å². The van der Waals surface area contributed by atoms with Crippen LogP contribution < -0.4 is 9.80 Å². The Balaban J connectivity index is 0.898. The van der Waals surface area contributed by atoms with Crippen LogP contribution in [0.2, 0.25) is 0 Å². The van der Waals surface area contributed by atoms with E-state index in [1.807, 2.05) is 0 Å². The number of para-hydroxylation sites is 3. The first-order valence-electron chi connectivity index (χ1n) is 25.0. The molecule has 0 N–H and O–H groups in total. The van der Waals surface area contributed by atoms with Crippen LogP contribution in [0, 0.1) is 6.92 Å². The standard InChI is InChI=1S/C69H53N3/c1-3-50-19-13-14-28-63(50)65-48-62(40-33-49(65)2)70(57-24-9-5-10-25-57)59-41-36-53(37-42-59)55-22-17-23-56(47-55)54-38-45-61(46-39-54)71(60-43-34-52(35-44-60)51-20-7-4-8-21-51)67-31-18-32-68-69(67)64-29-15-16-30-66(64)72(68)58-26-11-6-12-27-58/h4-48H,3H2,1-2H3. The summed E-state index contributed by atoms with van der Waals surface area (Å²) in [7, 11) is 0. The predicted octanol–water partition coefficient (Wildman–Crippen LogP) is 19.3. The lowest BCUT2D eigenvalue weighted by Gasteiger charge is -2.27. The number of nitrogens with zero attached hydrogens (tertiary/aromatic N) is 3. The smallest absolute Gasteiger partial charge is 0.0562 e. The van der Waals surface area contributed by atoms with Crippen molar-refractivity contribution in [2.45, 2.75) is 20.3 Å². The Kier molecular flexibility index (Phi) is 11.8. The van der Waals surface area contributed by atoms with Crippen molar-refractivity contribution >= 4 is 55.9 Å². The summed E-state index contributed by atoms with van der Waals surface area (Å²) in [6, 6.07) is 99.1. The van der Waals surface area contributed by atoms with Gasteiger partial charge in [0.15, 0.2) is 0 Å². The Labute approximate surface area is 422 Å². The van der Waals surface area contributed by atoms with E-state index in [0.29, 0.717) is 0 Å². The molecule has 0 fully saturated rings. The topological polar surface area (TPSA) is 11.4 Å². The molecule has 12 rings (SSSR count). The van der Waals surface area contributed by atoms with Gasteiger partial charge in [0, 0.05) is 44.9 Å². The van der Waals surface area contributed by atoms with Gasteiger partial charge in [0.05, 0.1) is 16.7 Å². The molecule has 0 atom stereocenters. The van der Waals surface area contributed by atoms with Gasteiger partial charge in [-0.3, -0.25) is 0 Å². The number of hydrogen-bond donors (Lipinski definition) is 0. The number of anilines is 6. The number of rotatable bonds is 12. The third-order valence-corrected chi connectivity index (χ3v) is 14.1. The molecule has 0 aliphatic rings. The van der Waals surface area contributed by atoms with Crippen LogP contribution in [0.25, 0.3) is 72.0 Å².